The summed E-state index contributed by atoms with van der Waals surface area (Å²) in [5.41, 5.74) is 1.42. The molecule has 0 fully saturated rings. The van der Waals surface area contributed by atoms with Gasteiger partial charge in [-0.25, -0.2) is 9.78 Å². The molecule has 0 aliphatic rings. The SMILES string of the molecule is Cc1ccc(C(C)(O)CNC(=O)NCc2scnc2C)o1. The highest BCUT2D eigenvalue weighted by molar-refractivity contribution is 7.09. The molecule has 3 N–H and O–H groups in total. The molecule has 0 saturated heterocycles. The van der Waals surface area contributed by atoms with E-state index in [0.717, 1.165) is 16.3 Å². The molecule has 0 saturated carbocycles. The predicted octanol–water partition coefficient (Wildman–Crippen LogP) is 2.06. The van der Waals surface area contributed by atoms with Crippen molar-refractivity contribution in [3.05, 3.63) is 39.7 Å². The van der Waals surface area contributed by atoms with Crippen molar-refractivity contribution in [3.63, 3.8) is 0 Å². The molecule has 1 atom stereocenters. The number of aromatic nitrogens is 1. The Morgan fingerprint density at radius 3 is 2.76 bits per heavy atom. The number of carbonyl (C=O) groups is 1. The first-order valence-electron chi connectivity index (χ1n) is 6.58. The van der Waals surface area contributed by atoms with Crippen LogP contribution in [0.3, 0.4) is 0 Å². The highest BCUT2D eigenvalue weighted by atomic mass is 32.1. The first-order chi connectivity index (χ1) is 9.88. The van der Waals surface area contributed by atoms with Gasteiger partial charge >= 0.3 is 6.03 Å². The lowest BCUT2D eigenvalue weighted by Crippen LogP contribution is -2.43. The number of aliphatic hydroxyl groups is 1. The monoisotopic (exact) mass is 309 g/mol. The summed E-state index contributed by atoms with van der Waals surface area (Å²) in [7, 11) is 0. The fraction of sp³-hybridized carbons (Fsp3) is 0.429. The first kappa shape index (κ1) is 15.5. The summed E-state index contributed by atoms with van der Waals surface area (Å²) in [4.78, 5) is 16.9. The molecule has 0 aliphatic carbocycles. The quantitative estimate of drug-likeness (QED) is 0.789. The van der Waals surface area contributed by atoms with Crippen LogP contribution in [0.5, 0.6) is 0 Å². The molecule has 0 aromatic carbocycles. The fourth-order valence-corrected chi connectivity index (χ4v) is 2.50. The number of hydrogen-bond donors (Lipinski definition) is 3. The lowest BCUT2D eigenvalue weighted by Gasteiger charge is -2.21. The van der Waals surface area contributed by atoms with Crippen LogP contribution in [-0.4, -0.2) is 22.7 Å². The van der Waals surface area contributed by atoms with E-state index in [1.807, 2.05) is 6.92 Å². The number of amides is 2. The van der Waals surface area contributed by atoms with Crippen LogP contribution < -0.4 is 10.6 Å². The molecule has 2 heterocycles. The van der Waals surface area contributed by atoms with Crippen molar-refractivity contribution in [2.75, 3.05) is 6.54 Å². The van der Waals surface area contributed by atoms with Crippen LogP contribution in [0.2, 0.25) is 0 Å². The molecule has 21 heavy (non-hydrogen) atoms. The number of nitrogens with zero attached hydrogens (tertiary/aromatic N) is 1. The minimum atomic E-state index is -1.24. The smallest absolute Gasteiger partial charge is 0.315 e. The molecule has 2 amide bonds. The highest BCUT2D eigenvalue weighted by Gasteiger charge is 2.27. The topological polar surface area (TPSA) is 87.4 Å². The van der Waals surface area contributed by atoms with Gasteiger partial charge in [0.2, 0.25) is 0 Å². The average molecular weight is 309 g/mol. The number of urea groups is 1. The number of hydrogen-bond acceptors (Lipinski definition) is 5. The molecule has 2 aromatic rings. The predicted molar refractivity (Wildman–Crippen MR) is 80.1 cm³/mol. The molecule has 2 aromatic heterocycles. The van der Waals surface area contributed by atoms with E-state index >= 15 is 0 Å². The maximum Gasteiger partial charge on any atom is 0.315 e. The molecule has 1 unspecified atom stereocenters. The van der Waals surface area contributed by atoms with E-state index in [1.165, 1.54) is 11.3 Å². The van der Waals surface area contributed by atoms with Gasteiger partial charge in [0.05, 0.1) is 24.3 Å². The van der Waals surface area contributed by atoms with Crippen LogP contribution in [-0.2, 0) is 12.1 Å². The van der Waals surface area contributed by atoms with E-state index in [-0.39, 0.29) is 12.6 Å². The standard InChI is InChI=1S/C14H19N3O3S/c1-9-4-5-12(20-9)14(3,19)7-16-13(18)15-6-11-10(2)17-8-21-11/h4-5,8,19H,6-7H2,1-3H3,(H2,15,16,18). The van der Waals surface area contributed by atoms with Crippen molar-refractivity contribution in [2.24, 2.45) is 0 Å². The van der Waals surface area contributed by atoms with Crippen molar-refractivity contribution in [1.82, 2.24) is 15.6 Å². The van der Waals surface area contributed by atoms with Crippen molar-refractivity contribution < 1.29 is 14.3 Å². The zero-order valence-electron chi connectivity index (χ0n) is 12.3. The Labute approximate surface area is 127 Å². The summed E-state index contributed by atoms with van der Waals surface area (Å²) in [6.07, 6.45) is 0. The lowest BCUT2D eigenvalue weighted by atomic mass is 10.0. The van der Waals surface area contributed by atoms with Gasteiger partial charge in [-0.1, -0.05) is 0 Å². The van der Waals surface area contributed by atoms with E-state index in [2.05, 4.69) is 15.6 Å². The van der Waals surface area contributed by atoms with Crippen LogP contribution >= 0.6 is 11.3 Å². The van der Waals surface area contributed by atoms with E-state index in [9.17, 15) is 9.90 Å². The third-order valence-electron chi connectivity index (χ3n) is 3.12. The lowest BCUT2D eigenvalue weighted by molar-refractivity contribution is 0.0360. The van der Waals surface area contributed by atoms with Crippen LogP contribution in [0, 0.1) is 13.8 Å². The molecule has 2 rings (SSSR count). The van der Waals surface area contributed by atoms with Gasteiger partial charge in [-0.15, -0.1) is 11.3 Å². The zero-order valence-corrected chi connectivity index (χ0v) is 13.1. The van der Waals surface area contributed by atoms with Gasteiger partial charge in [0, 0.05) is 4.88 Å². The molecule has 0 bridgehead atoms. The second-order valence-corrected chi connectivity index (χ2v) is 6.02. The van der Waals surface area contributed by atoms with E-state index < -0.39 is 5.60 Å². The Balaban J connectivity index is 1.82. The number of furan rings is 1. The third kappa shape index (κ3) is 4.05. The van der Waals surface area contributed by atoms with Gasteiger partial charge in [0.15, 0.2) is 0 Å². The molecule has 0 aliphatic heterocycles. The molecule has 114 valence electrons. The van der Waals surface area contributed by atoms with Crippen LogP contribution in [0.25, 0.3) is 0 Å². The number of thiazole rings is 1. The van der Waals surface area contributed by atoms with Gasteiger partial charge in [0.25, 0.3) is 0 Å². The largest absolute Gasteiger partial charge is 0.463 e. The van der Waals surface area contributed by atoms with Crippen molar-refractivity contribution in [2.45, 2.75) is 32.9 Å². The molecule has 0 radical (unpaired) electrons. The van der Waals surface area contributed by atoms with E-state index in [4.69, 9.17) is 4.42 Å². The van der Waals surface area contributed by atoms with Gasteiger partial charge in [-0.3, -0.25) is 0 Å². The van der Waals surface area contributed by atoms with Crippen molar-refractivity contribution in [1.29, 1.82) is 0 Å². The Morgan fingerprint density at radius 1 is 1.43 bits per heavy atom. The summed E-state index contributed by atoms with van der Waals surface area (Å²) in [6, 6.07) is 3.14. The van der Waals surface area contributed by atoms with E-state index in [0.29, 0.717) is 12.3 Å². The summed E-state index contributed by atoms with van der Waals surface area (Å²) < 4.78 is 5.39. The van der Waals surface area contributed by atoms with Crippen molar-refractivity contribution >= 4 is 17.4 Å². The van der Waals surface area contributed by atoms with Gasteiger partial charge in [-0.2, -0.15) is 0 Å². The van der Waals surface area contributed by atoms with Crippen LogP contribution in [0.15, 0.2) is 22.1 Å². The summed E-state index contributed by atoms with van der Waals surface area (Å²) in [5, 5.41) is 15.7. The minimum Gasteiger partial charge on any atom is -0.463 e. The maximum atomic E-state index is 11.8. The molecule has 7 heteroatoms. The highest BCUT2D eigenvalue weighted by Crippen LogP contribution is 2.21. The Hall–Kier alpha value is -1.86. The minimum absolute atomic E-state index is 0.0630. The van der Waals surface area contributed by atoms with Gasteiger partial charge in [-0.05, 0) is 32.9 Å². The molecule has 0 spiro atoms. The number of carbonyl (C=O) groups excluding carboxylic acids is 1. The number of rotatable bonds is 5. The Kier molecular flexibility index (Phi) is 4.64. The molecule has 6 nitrogen and oxygen atoms in total. The Morgan fingerprint density at radius 2 is 2.19 bits per heavy atom. The number of aryl methyl sites for hydroxylation is 2. The fourth-order valence-electron chi connectivity index (χ4n) is 1.78. The Bertz CT molecular complexity index is 619. The van der Waals surface area contributed by atoms with Gasteiger partial charge in [0.1, 0.15) is 17.1 Å². The van der Waals surface area contributed by atoms with Crippen molar-refractivity contribution in [3.8, 4) is 0 Å². The third-order valence-corrected chi connectivity index (χ3v) is 4.05. The summed E-state index contributed by atoms with van der Waals surface area (Å²) >= 11 is 1.50. The first-order valence-corrected chi connectivity index (χ1v) is 7.46. The summed E-state index contributed by atoms with van der Waals surface area (Å²) in [6.45, 7) is 5.78. The molecular formula is C14H19N3O3S. The zero-order chi connectivity index (χ0) is 15.5. The molecular weight excluding hydrogens is 290 g/mol. The summed E-state index contributed by atoms with van der Waals surface area (Å²) in [5.74, 6) is 1.15. The average Bonchev–Trinajstić information content (AvgIpc) is 3.03. The van der Waals surface area contributed by atoms with Crippen LogP contribution in [0.4, 0.5) is 4.79 Å². The van der Waals surface area contributed by atoms with Gasteiger partial charge < -0.3 is 20.2 Å². The van der Waals surface area contributed by atoms with E-state index in [1.54, 1.807) is 31.5 Å². The maximum absolute atomic E-state index is 11.8. The second-order valence-electron chi connectivity index (χ2n) is 5.08. The number of nitrogens with one attached hydrogen (secondary N) is 2. The second kappa shape index (κ2) is 6.28. The normalized spacial score (nSPS) is 13.7. The van der Waals surface area contributed by atoms with Crippen LogP contribution in [0.1, 0.15) is 29.0 Å².